The molecule has 0 saturated carbocycles. The lowest BCUT2D eigenvalue weighted by molar-refractivity contribution is -0.121. The summed E-state index contributed by atoms with van der Waals surface area (Å²) < 4.78 is 17.9. The molecule has 1 amide bonds. The van der Waals surface area contributed by atoms with Crippen molar-refractivity contribution in [2.75, 3.05) is 20.3 Å². The summed E-state index contributed by atoms with van der Waals surface area (Å²) in [5.74, 6) is 2.54. The van der Waals surface area contributed by atoms with Gasteiger partial charge < -0.3 is 19.5 Å². The molecule has 0 aliphatic carbocycles. The minimum Gasteiger partial charge on any atom is -0.497 e. The number of rotatable bonds is 6. The fourth-order valence-corrected chi connectivity index (χ4v) is 3.66. The first-order valence-corrected chi connectivity index (χ1v) is 10.6. The average Bonchev–Trinajstić information content (AvgIpc) is 3.28. The second-order valence-corrected chi connectivity index (χ2v) is 7.72. The Balaban J connectivity index is 1.27. The first-order chi connectivity index (χ1) is 16.1. The summed E-state index contributed by atoms with van der Waals surface area (Å²) in [6.45, 7) is 2.90. The summed E-state index contributed by atoms with van der Waals surface area (Å²) in [6, 6.07) is 14.7. The van der Waals surface area contributed by atoms with Crippen LogP contribution in [0.5, 0.6) is 17.2 Å². The second-order valence-electron chi connectivity index (χ2n) is 7.72. The number of hydrogen-bond donors (Lipinski definition) is 1. The Labute approximate surface area is 190 Å². The van der Waals surface area contributed by atoms with Gasteiger partial charge in [-0.3, -0.25) is 4.79 Å². The van der Waals surface area contributed by atoms with Crippen LogP contribution in [0.25, 0.3) is 16.9 Å². The number of aromatic nitrogens is 4. The fraction of sp³-hybridized carbons (Fsp3) is 0.250. The standard InChI is InChI=1S/C24H23N5O4/c1-15(26-23(30)12-16-3-8-20-21(11-16)33-10-9-32-20)24-27-22-13-19(25-14-29(22)28-24)17-4-6-18(31-2)7-5-17/h3-8,11,13-15H,9-10,12H2,1-2H3,(H,26,30)/t15-/m0/s1. The summed E-state index contributed by atoms with van der Waals surface area (Å²) in [5.41, 5.74) is 3.22. The zero-order valence-corrected chi connectivity index (χ0v) is 18.3. The van der Waals surface area contributed by atoms with Gasteiger partial charge in [0.2, 0.25) is 5.91 Å². The third-order valence-electron chi connectivity index (χ3n) is 5.37. The van der Waals surface area contributed by atoms with Gasteiger partial charge in [-0.1, -0.05) is 6.07 Å². The van der Waals surface area contributed by atoms with Gasteiger partial charge in [0.05, 0.1) is 25.3 Å². The fourth-order valence-electron chi connectivity index (χ4n) is 3.66. The molecular weight excluding hydrogens is 422 g/mol. The van der Waals surface area contributed by atoms with Crippen LogP contribution in [0.3, 0.4) is 0 Å². The van der Waals surface area contributed by atoms with E-state index in [9.17, 15) is 4.79 Å². The third kappa shape index (κ3) is 4.43. The Bertz CT molecular complexity index is 1300. The Morgan fingerprint density at radius 1 is 1.12 bits per heavy atom. The number of hydrogen-bond acceptors (Lipinski definition) is 7. The smallest absolute Gasteiger partial charge is 0.225 e. The molecule has 0 saturated heterocycles. The number of nitrogens with zero attached hydrogens (tertiary/aromatic N) is 4. The van der Waals surface area contributed by atoms with Crippen molar-refractivity contribution in [1.82, 2.24) is 24.9 Å². The lowest BCUT2D eigenvalue weighted by atomic mass is 10.1. The van der Waals surface area contributed by atoms with Crippen LogP contribution < -0.4 is 19.5 Å². The van der Waals surface area contributed by atoms with Gasteiger partial charge in [0.15, 0.2) is 23.0 Å². The van der Waals surface area contributed by atoms with Crippen LogP contribution >= 0.6 is 0 Å². The van der Waals surface area contributed by atoms with Crippen molar-refractivity contribution in [3.63, 3.8) is 0 Å². The Hall–Kier alpha value is -4.14. The number of methoxy groups -OCH3 is 1. The van der Waals surface area contributed by atoms with Crippen LogP contribution in [0.2, 0.25) is 0 Å². The first-order valence-electron chi connectivity index (χ1n) is 10.6. The summed E-state index contributed by atoms with van der Waals surface area (Å²) in [6.07, 6.45) is 1.84. The van der Waals surface area contributed by atoms with E-state index in [2.05, 4.69) is 20.4 Å². The van der Waals surface area contributed by atoms with Crippen LogP contribution in [0.15, 0.2) is 54.9 Å². The number of benzene rings is 2. The molecule has 0 fully saturated rings. The topological polar surface area (TPSA) is 99.9 Å². The predicted molar refractivity (Wildman–Crippen MR) is 120 cm³/mol. The molecule has 0 spiro atoms. The highest BCUT2D eigenvalue weighted by Crippen LogP contribution is 2.31. The third-order valence-corrected chi connectivity index (χ3v) is 5.37. The lowest BCUT2D eigenvalue weighted by Crippen LogP contribution is -2.28. The molecule has 5 rings (SSSR count). The zero-order valence-electron chi connectivity index (χ0n) is 18.3. The molecule has 168 valence electrons. The monoisotopic (exact) mass is 445 g/mol. The van der Waals surface area contributed by atoms with E-state index in [1.54, 1.807) is 18.0 Å². The number of nitrogens with one attached hydrogen (secondary N) is 1. The molecule has 1 atom stereocenters. The van der Waals surface area contributed by atoms with Crippen LogP contribution in [-0.2, 0) is 11.2 Å². The van der Waals surface area contributed by atoms with Crippen LogP contribution in [0, 0.1) is 0 Å². The van der Waals surface area contributed by atoms with E-state index in [1.807, 2.05) is 55.5 Å². The van der Waals surface area contributed by atoms with E-state index in [0.717, 1.165) is 22.6 Å². The lowest BCUT2D eigenvalue weighted by Gasteiger charge is -2.19. The molecule has 1 aliphatic heterocycles. The van der Waals surface area contributed by atoms with Gasteiger partial charge in [0, 0.05) is 11.6 Å². The van der Waals surface area contributed by atoms with Crippen LogP contribution in [-0.4, -0.2) is 45.8 Å². The molecular formula is C24H23N5O4. The van der Waals surface area contributed by atoms with Gasteiger partial charge in [0.1, 0.15) is 25.3 Å². The predicted octanol–water partition coefficient (Wildman–Crippen LogP) is 2.99. The van der Waals surface area contributed by atoms with E-state index in [4.69, 9.17) is 14.2 Å². The van der Waals surface area contributed by atoms with E-state index in [-0.39, 0.29) is 18.4 Å². The molecule has 0 unspecified atom stereocenters. The van der Waals surface area contributed by atoms with Crippen molar-refractivity contribution < 1.29 is 19.0 Å². The number of fused-ring (bicyclic) bond motifs is 2. The SMILES string of the molecule is COc1ccc(-c2cc3nc([C@H](C)NC(=O)Cc4ccc5c(c4)OCCO5)nn3cn2)cc1. The van der Waals surface area contributed by atoms with Crippen molar-refractivity contribution in [2.24, 2.45) is 0 Å². The summed E-state index contributed by atoms with van der Waals surface area (Å²) >= 11 is 0. The van der Waals surface area contributed by atoms with Crippen molar-refractivity contribution in [3.05, 3.63) is 66.2 Å². The van der Waals surface area contributed by atoms with E-state index in [0.29, 0.717) is 36.2 Å². The van der Waals surface area contributed by atoms with Crippen molar-refractivity contribution in [1.29, 1.82) is 0 Å². The zero-order chi connectivity index (χ0) is 22.8. The second kappa shape index (κ2) is 8.78. The number of ether oxygens (including phenoxy) is 3. The number of carbonyl (C=O) groups excluding carboxylic acids is 1. The minimum atomic E-state index is -0.362. The summed E-state index contributed by atoms with van der Waals surface area (Å²) in [5, 5.41) is 7.43. The van der Waals surface area contributed by atoms with E-state index >= 15 is 0 Å². The van der Waals surface area contributed by atoms with E-state index in [1.165, 1.54) is 0 Å². The Kier molecular flexibility index (Phi) is 5.52. The van der Waals surface area contributed by atoms with Crippen LogP contribution in [0.1, 0.15) is 24.4 Å². The molecule has 0 bridgehead atoms. The highest BCUT2D eigenvalue weighted by molar-refractivity contribution is 5.79. The maximum atomic E-state index is 12.6. The largest absolute Gasteiger partial charge is 0.497 e. The van der Waals surface area contributed by atoms with Crippen molar-refractivity contribution >= 4 is 11.6 Å². The van der Waals surface area contributed by atoms with Gasteiger partial charge in [-0.15, -0.1) is 5.10 Å². The van der Waals surface area contributed by atoms with E-state index < -0.39 is 0 Å². The molecule has 2 aromatic heterocycles. The molecule has 2 aromatic carbocycles. The molecule has 3 heterocycles. The Morgan fingerprint density at radius 3 is 2.70 bits per heavy atom. The molecule has 0 radical (unpaired) electrons. The normalized spacial score (nSPS) is 13.5. The molecule has 1 aliphatic rings. The van der Waals surface area contributed by atoms with Gasteiger partial charge >= 0.3 is 0 Å². The molecule has 9 heteroatoms. The summed E-state index contributed by atoms with van der Waals surface area (Å²) in [4.78, 5) is 21.7. The van der Waals surface area contributed by atoms with Gasteiger partial charge in [-0.05, 0) is 48.9 Å². The van der Waals surface area contributed by atoms with Gasteiger partial charge in [-0.25, -0.2) is 14.5 Å². The van der Waals surface area contributed by atoms with Gasteiger partial charge in [0.25, 0.3) is 0 Å². The maximum Gasteiger partial charge on any atom is 0.225 e. The quantitative estimate of drug-likeness (QED) is 0.487. The highest BCUT2D eigenvalue weighted by atomic mass is 16.6. The maximum absolute atomic E-state index is 12.6. The van der Waals surface area contributed by atoms with Crippen LogP contribution in [0.4, 0.5) is 0 Å². The molecule has 9 nitrogen and oxygen atoms in total. The molecule has 1 N–H and O–H groups in total. The van der Waals surface area contributed by atoms with Crippen molar-refractivity contribution in [3.8, 4) is 28.5 Å². The highest BCUT2D eigenvalue weighted by Gasteiger charge is 2.17. The van der Waals surface area contributed by atoms with Crippen molar-refractivity contribution in [2.45, 2.75) is 19.4 Å². The van der Waals surface area contributed by atoms with Gasteiger partial charge in [-0.2, -0.15) is 0 Å². The molecule has 33 heavy (non-hydrogen) atoms. The first kappa shape index (κ1) is 20.7. The minimum absolute atomic E-state index is 0.130. The number of amides is 1. The Morgan fingerprint density at radius 2 is 1.91 bits per heavy atom. The number of carbonyl (C=O) groups is 1. The summed E-state index contributed by atoms with van der Waals surface area (Å²) in [7, 11) is 1.63. The average molecular weight is 445 g/mol. The molecule has 4 aromatic rings.